The van der Waals surface area contributed by atoms with E-state index in [-0.39, 0.29) is 5.91 Å². The molecule has 2 aliphatic rings. The molecule has 1 fully saturated rings. The molecule has 6 nitrogen and oxygen atoms in total. The van der Waals surface area contributed by atoms with E-state index in [0.29, 0.717) is 6.54 Å². The summed E-state index contributed by atoms with van der Waals surface area (Å²) in [4.78, 5) is 21.2. The number of nitrogens with one attached hydrogen (secondary N) is 3. The number of nitrogens with zero attached hydrogens (tertiary/aromatic N) is 2. The number of hydrogen-bond donors (Lipinski definition) is 3. The van der Waals surface area contributed by atoms with E-state index < -0.39 is 0 Å². The average Bonchev–Trinajstić information content (AvgIpc) is 3.46. The number of aromatic nitrogens is 1. The smallest absolute Gasteiger partial charge is 0.253 e. The van der Waals surface area contributed by atoms with Gasteiger partial charge in [-0.25, -0.2) is 0 Å². The minimum Gasteiger partial charge on any atom is -0.358 e. The zero-order valence-corrected chi connectivity index (χ0v) is 19.1. The van der Waals surface area contributed by atoms with Gasteiger partial charge in [-0.3, -0.25) is 9.69 Å². The normalized spacial score (nSPS) is 17.5. The third-order valence-electron chi connectivity index (χ3n) is 6.38. The molecule has 6 heteroatoms. The van der Waals surface area contributed by atoms with Gasteiger partial charge < -0.3 is 20.5 Å². The van der Waals surface area contributed by atoms with Crippen LogP contribution in [0.1, 0.15) is 52.6 Å². The van der Waals surface area contributed by atoms with Crippen LogP contribution in [0, 0.1) is 13.8 Å². The van der Waals surface area contributed by atoms with E-state index in [4.69, 9.17) is 0 Å². The number of carbonyl (C=O) groups is 1. The molecule has 1 amide bonds. The summed E-state index contributed by atoms with van der Waals surface area (Å²) in [6, 6.07) is 8.67. The fourth-order valence-electron chi connectivity index (χ4n) is 4.77. The van der Waals surface area contributed by atoms with Crippen molar-refractivity contribution in [3.8, 4) is 0 Å². The van der Waals surface area contributed by atoms with Crippen molar-refractivity contribution in [3.05, 3.63) is 52.3 Å². The number of H-pyrrole nitrogens is 1. The van der Waals surface area contributed by atoms with E-state index in [0.717, 1.165) is 48.8 Å². The highest BCUT2D eigenvalue weighted by Gasteiger charge is 2.26. The first kappa shape index (κ1) is 21.7. The third kappa shape index (κ3) is 4.70. The molecule has 1 aromatic carbocycles. The van der Waals surface area contributed by atoms with Gasteiger partial charge in [-0.2, -0.15) is 0 Å². The first-order valence-corrected chi connectivity index (χ1v) is 11.5. The van der Waals surface area contributed by atoms with Gasteiger partial charge in [0.25, 0.3) is 5.91 Å². The summed E-state index contributed by atoms with van der Waals surface area (Å²) in [7, 11) is 0. The number of aromatic amines is 1. The number of para-hydroxylation sites is 1. The largest absolute Gasteiger partial charge is 0.358 e. The predicted octanol–water partition coefficient (Wildman–Crippen LogP) is 3.38. The van der Waals surface area contributed by atoms with Crippen LogP contribution in [0.3, 0.4) is 0 Å². The summed E-state index contributed by atoms with van der Waals surface area (Å²) in [5.74, 6) is -0.00344. The fourth-order valence-corrected chi connectivity index (χ4v) is 4.77. The number of rotatable bonds is 8. The van der Waals surface area contributed by atoms with Gasteiger partial charge in [0.2, 0.25) is 0 Å². The lowest BCUT2D eigenvalue weighted by atomic mass is 10.0. The van der Waals surface area contributed by atoms with Gasteiger partial charge in [-0.1, -0.05) is 25.1 Å². The molecule has 2 aromatic rings. The Labute approximate surface area is 185 Å². The van der Waals surface area contributed by atoms with E-state index in [1.165, 1.54) is 42.8 Å². The maximum absolute atomic E-state index is 12.8. The van der Waals surface area contributed by atoms with E-state index in [9.17, 15) is 4.79 Å². The standard InChI is InChI=1S/C25H35N5O/c1-4-26-11-12-27-25(31)24-18(2)22(28-19(24)3)15-20-16-30(17-29-13-7-8-14-29)23-10-6-5-9-21(20)23/h5-6,9-10,15,26,28H,4,7-8,11-14,16-17H2,1-3H3,(H,27,31)/b20-15+. The van der Waals surface area contributed by atoms with Crippen LogP contribution in [0.4, 0.5) is 5.69 Å². The Balaban J connectivity index is 1.55. The topological polar surface area (TPSA) is 63.4 Å². The molecule has 1 saturated heterocycles. The highest BCUT2D eigenvalue weighted by Crippen LogP contribution is 2.37. The van der Waals surface area contributed by atoms with Crippen molar-refractivity contribution in [2.75, 3.05) is 50.8 Å². The van der Waals surface area contributed by atoms with Crippen molar-refractivity contribution in [2.24, 2.45) is 0 Å². The molecule has 4 rings (SSSR count). The van der Waals surface area contributed by atoms with Crippen LogP contribution in [-0.2, 0) is 0 Å². The number of likely N-dealkylation sites (tertiary alicyclic amines) is 1. The summed E-state index contributed by atoms with van der Waals surface area (Å²) in [6.45, 7) is 12.7. The third-order valence-corrected chi connectivity index (χ3v) is 6.38. The van der Waals surface area contributed by atoms with Gasteiger partial charge in [-0.15, -0.1) is 0 Å². The lowest BCUT2D eigenvalue weighted by Crippen LogP contribution is -2.35. The van der Waals surface area contributed by atoms with Gasteiger partial charge in [0, 0.05) is 42.3 Å². The number of hydrogen-bond acceptors (Lipinski definition) is 4. The predicted molar refractivity (Wildman–Crippen MR) is 128 cm³/mol. The summed E-state index contributed by atoms with van der Waals surface area (Å²) in [5, 5.41) is 6.27. The second-order valence-electron chi connectivity index (χ2n) is 8.62. The molecule has 0 unspecified atom stereocenters. The maximum Gasteiger partial charge on any atom is 0.253 e. The highest BCUT2D eigenvalue weighted by atomic mass is 16.1. The maximum atomic E-state index is 12.8. The molecule has 1 aromatic heterocycles. The summed E-state index contributed by atoms with van der Waals surface area (Å²) >= 11 is 0. The average molecular weight is 422 g/mol. The Morgan fingerprint density at radius 3 is 2.71 bits per heavy atom. The Morgan fingerprint density at radius 2 is 1.94 bits per heavy atom. The first-order chi connectivity index (χ1) is 15.1. The number of anilines is 1. The number of fused-ring (bicyclic) bond motifs is 1. The Hall–Kier alpha value is -2.57. The lowest BCUT2D eigenvalue weighted by molar-refractivity contribution is 0.0953. The molecule has 2 aliphatic heterocycles. The van der Waals surface area contributed by atoms with Crippen LogP contribution in [-0.4, -0.2) is 61.7 Å². The zero-order chi connectivity index (χ0) is 21.8. The number of benzene rings is 1. The van der Waals surface area contributed by atoms with Gasteiger partial charge in [0.15, 0.2) is 0 Å². The molecule has 0 aliphatic carbocycles. The molecule has 0 saturated carbocycles. The molecular weight excluding hydrogens is 386 g/mol. The first-order valence-electron chi connectivity index (χ1n) is 11.5. The van der Waals surface area contributed by atoms with Crippen molar-refractivity contribution in [3.63, 3.8) is 0 Å². The summed E-state index contributed by atoms with van der Waals surface area (Å²) in [5.41, 5.74) is 7.64. The van der Waals surface area contributed by atoms with Crippen molar-refractivity contribution >= 4 is 23.2 Å². The molecule has 3 heterocycles. The second kappa shape index (κ2) is 9.71. The Bertz CT molecular complexity index is 955. The number of carbonyl (C=O) groups excluding carboxylic acids is 1. The molecule has 0 radical (unpaired) electrons. The second-order valence-corrected chi connectivity index (χ2v) is 8.62. The van der Waals surface area contributed by atoms with Crippen LogP contribution >= 0.6 is 0 Å². The zero-order valence-electron chi connectivity index (χ0n) is 19.1. The summed E-state index contributed by atoms with van der Waals surface area (Å²) < 4.78 is 0. The van der Waals surface area contributed by atoms with Gasteiger partial charge in [0.05, 0.1) is 12.2 Å². The van der Waals surface area contributed by atoms with Crippen LogP contribution in [0.25, 0.3) is 11.6 Å². The summed E-state index contributed by atoms with van der Waals surface area (Å²) in [6.07, 6.45) is 4.84. The van der Waals surface area contributed by atoms with E-state index in [2.05, 4.69) is 62.7 Å². The minimum absolute atomic E-state index is 0.00344. The number of likely N-dealkylation sites (N-methyl/N-ethyl adjacent to an activating group) is 1. The van der Waals surface area contributed by atoms with E-state index in [1.807, 2.05) is 13.8 Å². The van der Waals surface area contributed by atoms with Crippen molar-refractivity contribution in [2.45, 2.75) is 33.6 Å². The number of aryl methyl sites for hydroxylation is 1. The van der Waals surface area contributed by atoms with Crippen molar-refractivity contribution < 1.29 is 4.79 Å². The molecule has 0 atom stereocenters. The van der Waals surface area contributed by atoms with E-state index in [1.54, 1.807) is 0 Å². The molecule has 0 spiro atoms. The highest BCUT2D eigenvalue weighted by molar-refractivity contribution is 5.99. The molecular formula is C25H35N5O. The Morgan fingerprint density at radius 1 is 1.16 bits per heavy atom. The van der Waals surface area contributed by atoms with Crippen LogP contribution in [0.5, 0.6) is 0 Å². The molecule has 0 bridgehead atoms. The lowest BCUT2D eigenvalue weighted by Gasteiger charge is -2.25. The van der Waals surface area contributed by atoms with Crippen molar-refractivity contribution in [1.82, 2.24) is 20.5 Å². The van der Waals surface area contributed by atoms with Crippen LogP contribution in [0.2, 0.25) is 0 Å². The monoisotopic (exact) mass is 421 g/mol. The fraction of sp³-hybridized carbons (Fsp3) is 0.480. The number of amides is 1. The SMILES string of the molecule is CCNCCNC(=O)c1c(C)[nH]c(/C=C2\CN(CN3CCCC3)c3ccccc32)c1C. The van der Waals surface area contributed by atoms with Crippen LogP contribution in [0.15, 0.2) is 24.3 Å². The molecule has 166 valence electrons. The van der Waals surface area contributed by atoms with Gasteiger partial charge in [0.1, 0.15) is 0 Å². The molecule has 31 heavy (non-hydrogen) atoms. The minimum atomic E-state index is -0.00344. The van der Waals surface area contributed by atoms with Crippen LogP contribution < -0.4 is 15.5 Å². The Kier molecular flexibility index (Phi) is 6.78. The van der Waals surface area contributed by atoms with Gasteiger partial charge in [-0.05, 0) is 69.6 Å². The molecule has 3 N–H and O–H groups in total. The van der Waals surface area contributed by atoms with Crippen molar-refractivity contribution in [1.29, 1.82) is 0 Å². The quantitative estimate of drug-likeness (QED) is 0.572. The van der Waals surface area contributed by atoms with Gasteiger partial charge >= 0.3 is 0 Å². The van der Waals surface area contributed by atoms with E-state index >= 15 is 0 Å².